The van der Waals surface area contributed by atoms with E-state index in [4.69, 9.17) is 0 Å². The zero-order chi connectivity index (χ0) is 24.0. The Balaban J connectivity index is 1.80. The van der Waals surface area contributed by atoms with Gasteiger partial charge < -0.3 is 4.57 Å². The quantitative estimate of drug-likeness (QED) is 0.503. The van der Waals surface area contributed by atoms with Crippen molar-refractivity contribution in [1.82, 2.24) is 14.3 Å². The van der Waals surface area contributed by atoms with Crippen molar-refractivity contribution in [3.05, 3.63) is 47.7 Å². The van der Waals surface area contributed by atoms with Gasteiger partial charge >= 0.3 is 6.18 Å². The molecule has 1 aromatic carbocycles. The number of sulfonamides is 1. The van der Waals surface area contributed by atoms with Crippen LogP contribution in [0.3, 0.4) is 0 Å². The van der Waals surface area contributed by atoms with Gasteiger partial charge in [-0.25, -0.2) is 12.8 Å². The van der Waals surface area contributed by atoms with Crippen LogP contribution in [0.5, 0.6) is 0 Å². The van der Waals surface area contributed by atoms with Gasteiger partial charge in [0.1, 0.15) is 23.7 Å². The molecule has 1 atom stereocenters. The van der Waals surface area contributed by atoms with Crippen LogP contribution in [-0.2, 0) is 16.7 Å². The largest absolute Gasteiger partial charge is 0.404 e. The van der Waals surface area contributed by atoms with Crippen LogP contribution in [0.25, 0.3) is 22.3 Å². The molecule has 0 saturated heterocycles. The van der Waals surface area contributed by atoms with Crippen LogP contribution in [0.2, 0.25) is 0 Å². The number of hydrogen-bond acceptors (Lipinski definition) is 4. The number of rotatable bonds is 6. The molecule has 1 fully saturated rings. The molecule has 1 saturated carbocycles. The van der Waals surface area contributed by atoms with E-state index in [1.165, 1.54) is 6.07 Å². The SMILES string of the molecule is CC(NS(=O)(=O)c1ccc(-c2c(C#N)c3ccc(CF)cc3n2C2CCC2)nc1)C(F)(F)F. The van der Waals surface area contributed by atoms with E-state index in [-0.39, 0.29) is 6.04 Å². The molecule has 2 aromatic heterocycles. The maximum atomic E-state index is 13.3. The van der Waals surface area contributed by atoms with Gasteiger partial charge in [-0.3, -0.25) is 4.98 Å². The van der Waals surface area contributed by atoms with Gasteiger partial charge in [-0.1, -0.05) is 12.1 Å². The first-order valence-corrected chi connectivity index (χ1v) is 11.7. The molecule has 0 spiro atoms. The number of benzene rings is 1. The van der Waals surface area contributed by atoms with E-state index in [0.29, 0.717) is 40.3 Å². The Morgan fingerprint density at radius 3 is 2.52 bits per heavy atom. The summed E-state index contributed by atoms with van der Waals surface area (Å²) in [5.74, 6) is 0. The van der Waals surface area contributed by atoms with Crippen molar-refractivity contribution in [2.45, 2.75) is 56.0 Å². The van der Waals surface area contributed by atoms with E-state index >= 15 is 0 Å². The van der Waals surface area contributed by atoms with E-state index in [1.54, 1.807) is 22.9 Å². The molecule has 11 heteroatoms. The van der Waals surface area contributed by atoms with E-state index < -0.39 is 33.8 Å². The summed E-state index contributed by atoms with van der Waals surface area (Å²) in [6.07, 6.45) is -1.02. The van der Waals surface area contributed by atoms with Crippen molar-refractivity contribution in [2.75, 3.05) is 0 Å². The van der Waals surface area contributed by atoms with Crippen LogP contribution in [0, 0.1) is 11.3 Å². The highest BCUT2D eigenvalue weighted by Crippen LogP contribution is 2.42. The Kier molecular flexibility index (Phi) is 5.92. The summed E-state index contributed by atoms with van der Waals surface area (Å²) in [4.78, 5) is 3.76. The molecular formula is C22H20F4N4O2S. The zero-order valence-corrected chi connectivity index (χ0v) is 18.3. The predicted octanol–water partition coefficient (Wildman–Crippen LogP) is 5.00. The lowest BCUT2D eigenvalue weighted by molar-refractivity contribution is -0.147. The molecule has 174 valence electrons. The van der Waals surface area contributed by atoms with E-state index in [0.717, 1.165) is 31.5 Å². The number of nitrogens with zero attached hydrogens (tertiary/aromatic N) is 3. The normalized spacial score (nSPS) is 15.9. The maximum absolute atomic E-state index is 13.3. The monoisotopic (exact) mass is 480 g/mol. The highest BCUT2D eigenvalue weighted by molar-refractivity contribution is 7.89. The molecule has 0 bridgehead atoms. The van der Waals surface area contributed by atoms with Crippen LogP contribution in [0.1, 0.15) is 43.4 Å². The predicted molar refractivity (Wildman–Crippen MR) is 113 cm³/mol. The molecule has 1 aliphatic rings. The third kappa shape index (κ3) is 4.20. The second-order valence-corrected chi connectivity index (χ2v) is 9.75. The standard InChI is InChI=1S/C22H20F4N4O2S/c1-13(22(24,25)26)29-33(31,32)16-6-8-19(28-12-16)21-18(11-27)17-7-5-14(10-23)9-20(17)30(21)15-3-2-4-15/h5-9,12-13,15,29H,2-4,10H2,1H3. The lowest BCUT2D eigenvalue weighted by Gasteiger charge is -2.30. The Bertz CT molecular complexity index is 1340. The van der Waals surface area contributed by atoms with Crippen LogP contribution in [-0.4, -0.2) is 30.2 Å². The van der Waals surface area contributed by atoms with Crippen molar-refractivity contribution in [3.63, 3.8) is 0 Å². The van der Waals surface area contributed by atoms with Gasteiger partial charge in [0.15, 0.2) is 0 Å². The van der Waals surface area contributed by atoms with Crippen LogP contribution >= 0.6 is 0 Å². The van der Waals surface area contributed by atoms with Crippen molar-refractivity contribution in [3.8, 4) is 17.5 Å². The second-order valence-electron chi connectivity index (χ2n) is 8.04. The summed E-state index contributed by atoms with van der Waals surface area (Å²) in [7, 11) is -4.46. The van der Waals surface area contributed by atoms with Crippen molar-refractivity contribution >= 4 is 20.9 Å². The van der Waals surface area contributed by atoms with E-state index in [9.17, 15) is 31.2 Å². The third-order valence-corrected chi connectivity index (χ3v) is 7.41. The molecular weight excluding hydrogens is 460 g/mol. The number of nitrogens with one attached hydrogen (secondary N) is 1. The minimum absolute atomic E-state index is 0.0824. The minimum atomic E-state index is -4.73. The number of fused-ring (bicyclic) bond motifs is 1. The summed E-state index contributed by atoms with van der Waals surface area (Å²) in [5.41, 5.74) is 2.28. The number of halogens is 4. The number of alkyl halides is 4. The summed E-state index contributed by atoms with van der Waals surface area (Å²) < 4.78 is 79.9. The molecule has 0 aliphatic heterocycles. The van der Waals surface area contributed by atoms with Crippen LogP contribution < -0.4 is 4.72 Å². The molecule has 3 aromatic rings. The van der Waals surface area contributed by atoms with Gasteiger partial charge in [0, 0.05) is 17.6 Å². The van der Waals surface area contributed by atoms with Gasteiger partial charge in [-0.2, -0.15) is 23.2 Å². The van der Waals surface area contributed by atoms with Crippen molar-refractivity contribution in [2.24, 2.45) is 0 Å². The summed E-state index contributed by atoms with van der Waals surface area (Å²) in [6, 6.07) is 7.50. The van der Waals surface area contributed by atoms with Crippen LogP contribution in [0.15, 0.2) is 41.4 Å². The highest BCUT2D eigenvalue weighted by Gasteiger charge is 2.39. The van der Waals surface area contributed by atoms with Crippen molar-refractivity contribution in [1.29, 1.82) is 5.26 Å². The lowest BCUT2D eigenvalue weighted by Crippen LogP contribution is -2.42. The average Bonchev–Trinajstić information content (AvgIpc) is 3.04. The van der Waals surface area contributed by atoms with E-state index in [1.807, 2.05) is 4.57 Å². The fraction of sp³-hybridized carbons (Fsp3) is 0.364. The fourth-order valence-electron chi connectivity index (χ4n) is 3.88. The lowest BCUT2D eigenvalue weighted by atomic mass is 9.92. The molecule has 2 heterocycles. The Hall–Kier alpha value is -2.97. The highest BCUT2D eigenvalue weighted by atomic mass is 32.2. The minimum Gasteiger partial charge on any atom is -0.335 e. The number of pyridine rings is 1. The topological polar surface area (TPSA) is 87.8 Å². The molecule has 6 nitrogen and oxygen atoms in total. The smallest absolute Gasteiger partial charge is 0.335 e. The van der Waals surface area contributed by atoms with Gasteiger partial charge in [-0.05, 0) is 49.9 Å². The van der Waals surface area contributed by atoms with E-state index in [2.05, 4.69) is 11.1 Å². The summed E-state index contributed by atoms with van der Waals surface area (Å²) >= 11 is 0. The molecule has 4 rings (SSSR count). The van der Waals surface area contributed by atoms with Gasteiger partial charge in [0.25, 0.3) is 0 Å². The third-order valence-electron chi connectivity index (χ3n) is 5.89. The van der Waals surface area contributed by atoms with Gasteiger partial charge in [-0.15, -0.1) is 0 Å². The number of aromatic nitrogens is 2. The number of hydrogen-bond donors (Lipinski definition) is 1. The maximum Gasteiger partial charge on any atom is 0.404 e. The molecule has 1 unspecified atom stereocenters. The second kappa shape index (κ2) is 8.43. The Morgan fingerprint density at radius 2 is 2.00 bits per heavy atom. The van der Waals surface area contributed by atoms with Crippen LogP contribution in [0.4, 0.5) is 17.6 Å². The first-order chi connectivity index (χ1) is 15.6. The first kappa shape index (κ1) is 23.2. The number of nitriles is 1. The fourth-order valence-corrected chi connectivity index (χ4v) is 5.05. The van der Waals surface area contributed by atoms with Crippen molar-refractivity contribution < 1.29 is 26.0 Å². The Labute approximate surface area is 187 Å². The molecule has 1 N–H and O–H groups in total. The molecule has 0 amide bonds. The molecule has 0 radical (unpaired) electrons. The van der Waals surface area contributed by atoms with Gasteiger partial charge in [0.2, 0.25) is 10.0 Å². The molecule has 1 aliphatic carbocycles. The average molecular weight is 480 g/mol. The molecule has 33 heavy (non-hydrogen) atoms. The summed E-state index contributed by atoms with van der Waals surface area (Å²) in [5, 5.41) is 10.5. The summed E-state index contributed by atoms with van der Waals surface area (Å²) in [6.45, 7) is 0.0540. The zero-order valence-electron chi connectivity index (χ0n) is 17.5. The first-order valence-electron chi connectivity index (χ1n) is 10.2. The Morgan fingerprint density at radius 1 is 1.27 bits per heavy atom. The van der Waals surface area contributed by atoms with Gasteiger partial charge in [0.05, 0.1) is 22.5 Å².